The molecule has 0 N–H and O–H groups in total. The minimum atomic E-state index is -2.00. The molecular formula is C22H37NO4SSi. The van der Waals surface area contributed by atoms with Crippen LogP contribution in [0.3, 0.4) is 0 Å². The van der Waals surface area contributed by atoms with Gasteiger partial charge in [0.1, 0.15) is 12.3 Å². The highest BCUT2D eigenvalue weighted by Gasteiger charge is 2.61. The van der Waals surface area contributed by atoms with Gasteiger partial charge < -0.3 is 14.1 Å². The first-order valence-corrected chi connectivity index (χ1v) is 14.2. The largest absolute Gasteiger partial charge is 0.457 e. The summed E-state index contributed by atoms with van der Waals surface area (Å²) in [6, 6.07) is -0.0465. The Morgan fingerprint density at radius 2 is 1.90 bits per heavy atom. The van der Waals surface area contributed by atoms with E-state index in [0.29, 0.717) is 10.9 Å². The molecular weight excluding hydrogens is 402 g/mol. The zero-order valence-electron chi connectivity index (χ0n) is 19.4. The van der Waals surface area contributed by atoms with Gasteiger partial charge >= 0.3 is 5.97 Å². The topological polar surface area (TPSA) is 55.8 Å². The van der Waals surface area contributed by atoms with Gasteiger partial charge in [0.15, 0.2) is 8.32 Å². The summed E-state index contributed by atoms with van der Waals surface area (Å²) in [5.41, 5.74) is 0.420. The van der Waals surface area contributed by atoms with Crippen molar-refractivity contribution in [3.05, 3.63) is 23.3 Å². The van der Waals surface area contributed by atoms with Gasteiger partial charge in [-0.05, 0) is 25.1 Å². The van der Waals surface area contributed by atoms with Gasteiger partial charge in [-0.15, -0.1) is 11.8 Å². The molecule has 0 aromatic carbocycles. The minimum Gasteiger partial charge on any atom is -0.457 e. The van der Waals surface area contributed by atoms with Gasteiger partial charge in [-0.25, -0.2) is 4.79 Å². The van der Waals surface area contributed by atoms with Crippen LogP contribution in [0.25, 0.3) is 0 Å². The van der Waals surface area contributed by atoms with E-state index in [1.165, 1.54) is 0 Å². The van der Waals surface area contributed by atoms with Gasteiger partial charge in [-0.2, -0.15) is 0 Å². The number of amides is 1. The van der Waals surface area contributed by atoms with Crippen molar-refractivity contribution in [2.45, 2.75) is 84.0 Å². The summed E-state index contributed by atoms with van der Waals surface area (Å²) < 4.78 is 11.9. The van der Waals surface area contributed by atoms with Crippen LogP contribution in [0.1, 0.15) is 48.5 Å². The summed E-state index contributed by atoms with van der Waals surface area (Å²) in [6.07, 6.45) is 1.36. The first-order valence-electron chi connectivity index (χ1n) is 10.4. The second-order valence-electron chi connectivity index (χ2n) is 9.86. The molecule has 0 unspecified atom stereocenters. The lowest BCUT2D eigenvalue weighted by atomic mass is 9.79. The molecule has 0 aromatic rings. The molecule has 0 aliphatic carbocycles. The molecule has 7 heteroatoms. The Labute approximate surface area is 181 Å². The van der Waals surface area contributed by atoms with Gasteiger partial charge in [0.2, 0.25) is 5.91 Å². The van der Waals surface area contributed by atoms with Crippen molar-refractivity contribution in [2.75, 3.05) is 6.61 Å². The molecule has 164 valence electrons. The lowest BCUT2D eigenvalue weighted by molar-refractivity contribution is -0.163. The Hall–Kier alpha value is -1.05. The normalized spacial score (nSPS) is 25.8. The van der Waals surface area contributed by atoms with Crippen molar-refractivity contribution in [3.63, 3.8) is 0 Å². The van der Waals surface area contributed by atoms with Crippen LogP contribution in [0.4, 0.5) is 0 Å². The third-order valence-corrected chi connectivity index (χ3v) is 12.1. The van der Waals surface area contributed by atoms with E-state index in [1.54, 1.807) is 22.7 Å². The number of hydrogen-bond acceptors (Lipinski definition) is 5. The molecule has 1 fully saturated rings. The van der Waals surface area contributed by atoms with E-state index in [9.17, 15) is 9.59 Å². The molecule has 0 spiro atoms. The van der Waals surface area contributed by atoms with E-state index < -0.39 is 14.3 Å². The summed E-state index contributed by atoms with van der Waals surface area (Å²) >= 11 is 1.65. The Morgan fingerprint density at radius 3 is 2.38 bits per heavy atom. The zero-order valence-corrected chi connectivity index (χ0v) is 21.2. The summed E-state index contributed by atoms with van der Waals surface area (Å²) in [5, 5.41) is 0.383. The van der Waals surface area contributed by atoms with Crippen molar-refractivity contribution >= 4 is 32.0 Å². The van der Waals surface area contributed by atoms with Crippen molar-refractivity contribution in [1.82, 2.24) is 4.90 Å². The maximum Gasteiger partial charge on any atom is 0.356 e. The lowest BCUT2D eigenvalue weighted by Gasteiger charge is -2.50. The van der Waals surface area contributed by atoms with E-state index in [4.69, 9.17) is 9.16 Å². The summed E-state index contributed by atoms with van der Waals surface area (Å²) in [6.45, 7) is 23.1. The number of nitrogens with zero attached hydrogens (tertiary/aromatic N) is 1. The summed E-state index contributed by atoms with van der Waals surface area (Å²) in [5.74, 6) is -0.612. The van der Waals surface area contributed by atoms with E-state index in [1.807, 2.05) is 6.92 Å². The smallest absolute Gasteiger partial charge is 0.356 e. The lowest BCUT2D eigenvalue weighted by Crippen LogP contribution is -2.65. The number of β-lactam (4-membered cyclic amide) rings is 1. The highest BCUT2D eigenvalue weighted by Crippen LogP contribution is 2.52. The standard InChI is InChI=1S/C22H37NO4SSi/c1-11-12-26-21(25)18-19(28-13(2)3)14(4)17-16(20(24)23(17)18)15(5)27-29(9,10)22(6,7)8/h11,13-17H,1,12H2,2-10H3/t14-,15-,16-,17-/m1/s1. The number of thioether (sulfide) groups is 1. The van der Waals surface area contributed by atoms with Crippen molar-refractivity contribution in [2.24, 2.45) is 11.8 Å². The fourth-order valence-corrected chi connectivity index (χ4v) is 6.41. The van der Waals surface area contributed by atoms with E-state index in [-0.39, 0.29) is 41.5 Å². The zero-order chi connectivity index (χ0) is 22.3. The highest BCUT2D eigenvalue weighted by molar-refractivity contribution is 8.03. The Bertz CT molecular complexity index is 710. The molecule has 2 aliphatic heterocycles. The van der Waals surface area contributed by atoms with E-state index in [2.05, 4.69) is 61.2 Å². The number of carbonyl (C=O) groups is 2. The average Bonchev–Trinajstić information content (AvgIpc) is 2.80. The number of ether oxygens (including phenoxy) is 1. The highest BCUT2D eigenvalue weighted by atomic mass is 32.2. The predicted octanol–water partition coefficient (Wildman–Crippen LogP) is 4.96. The monoisotopic (exact) mass is 439 g/mol. The number of rotatable bonds is 8. The van der Waals surface area contributed by atoms with Crippen molar-refractivity contribution < 1.29 is 18.8 Å². The average molecular weight is 440 g/mol. The Balaban J connectivity index is 2.29. The van der Waals surface area contributed by atoms with Gasteiger partial charge in [0, 0.05) is 16.1 Å². The maximum absolute atomic E-state index is 13.2. The second kappa shape index (κ2) is 8.59. The van der Waals surface area contributed by atoms with Gasteiger partial charge in [-0.3, -0.25) is 4.79 Å². The molecule has 0 radical (unpaired) electrons. The SMILES string of the molecule is C=CCOC(=O)C1=C(SC(C)C)[C@H](C)[C@@H]2[C@@H]([C@@H](C)O[Si](C)(C)C(C)(C)C)C(=O)N12. The fraction of sp³-hybridized carbons (Fsp3) is 0.727. The molecule has 1 amide bonds. The van der Waals surface area contributed by atoms with Gasteiger partial charge in [-0.1, -0.05) is 54.2 Å². The fourth-order valence-electron chi connectivity index (χ4n) is 3.83. The third kappa shape index (κ3) is 4.51. The quantitative estimate of drug-likeness (QED) is 0.232. The molecule has 2 rings (SSSR count). The van der Waals surface area contributed by atoms with E-state index >= 15 is 0 Å². The number of esters is 1. The Morgan fingerprint density at radius 1 is 1.31 bits per heavy atom. The van der Waals surface area contributed by atoms with Crippen LogP contribution >= 0.6 is 11.8 Å². The molecule has 5 nitrogen and oxygen atoms in total. The molecule has 0 aromatic heterocycles. The maximum atomic E-state index is 13.2. The number of fused-ring (bicyclic) bond motifs is 1. The molecule has 2 heterocycles. The van der Waals surface area contributed by atoms with Gasteiger partial charge in [0.25, 0.3) is 0 Å². The van der Waals surface area contributed by atoms with Crippen LogP contribution in [-0.4, -0.2) is 49.1 Å². The van der Waals surface area contributed by atoms with Crippen molar-refractivity contribution in [3.8, 4) is 0 Å². The first kappa shape index (κ1) is 24.2. The molecule has 4 atom stereocenters. The summed E-state index contributed by atoms with van der Waals surface area (Å²) in [7, 11) is -2.00. The third-order valence-electron chi connectivity index (χ3n) is 6.27. The van der Waals surface area contributed by atoms with Crippen LogP contribution in [0.5, 0.6) is 0 Å². The van der Waals surface area contributed by atoms with Crippen LogP contribution < -0.4 is 0 Å². The van der Waals surface area contributed by atoms with E-state index in [0.717, 1.165) is 4.91 Å². The number of hydrogen-bond donors (Lipinski definition) is 0. The number of carbonyl (C=O) groups excluding carboxylic acids is 2. The first-order chi connectivity index (χ1) is 13.2. The van der Waals surface area contributed by atoms with Crippen LogP contribution in [-0.2, 0) is 18.8 Å². The van der Waals surface area contributed by atoms with Crippen LogP contribution in [0.15, 0.2) is 23.3 Å². The second-order valence-corrected chi connectivity index (χ2v) is 16.2. The Kier molecular flexibility index (Phi) is 7.18. The summed E-state index contributed by atoms with van der Waals surface area (Å²) in [4.78, 5) is 28.5. The molecule has 0 saturated carbocycles. The molecule has 0 bridgehead atoms. The van der Waals surface area contributed by atoms with Crippen LogP contribution in [0, 0.1) is 11.8 Å². The molecule has 2 aliphatic rings. The van der Waals surface area contributed by atoms with Crippen molar-refractivity contribution in [1.29, 1.82) is 0 Å². The van der Waals surface area contributed by atoms with Crippen LogP contribution in [0.2, 0.25) is 18.1 Å². The minimum absolute atomic E-state index is 0.0297. The molecule has 1 saturated heterocycles. The predicted molar refractivity (Wildman–Crippen MR) is 122 cm³/mol. The van der Waals surface area contributed by atoms with Gasteiger partial charge in [0.05, 0.1) is 18.1 Å². The molecule has 29 heavy (non-hydrogen) atoms.